The Balaban J connectivity index is 1.30. The molecule has 5 heteroatoms. The summed E-state index contributed by atoms with van der Waals surface area (Å²) >= 11 is 0. The lowest BCUT2D eigenvalue weighted by Crippen LogP contribution is -2.45. The van der Waals surface area contributed by atoms with E-state index in [1.54, 1.807) is 0 Å². The number of carbonyl (C=O) groups is 2. The molecule has 4 aliphatic rings. The highest BCUT2D eigenvalue weighted by molar-refractivity contribution is 5.79. The van der Waals surface area contributed by atoms with Gasteiger partial charge in [-0.05, 0) is 62.7 Å². The number of nitrogens with one attached hydrogen (secondary N) is 1. The zero-order chi connectivity index (χ0) is 16.9. The predicted molar refractivity (Wildman–Crippen MR) is 90.4 cm³/mol. The number of carboxylic acid groups (broad SMARTS) is 1. The molecule has 1 saturated heterocycles. The molecule has 24 heavy (non-hydrogen) atoms. The van der Waals surface area contributed by atoms with Crippen molar-refractivity contribution >= 4 is 11.9 Å². The number of likely N-dealkylation sites (tertiary alicyclic amines) is 1. The zero-order valence-corrected chi connectivity index (χ0v) is 14.7. The molecule has 0 radical (unpaired) electrons. The summed E-state index contributed by atoms with van der Waals surface area (Å²) in [5.41, 5.74) is -0.587. The Labute approximate surface area is 144 Å². The van der Waals surface area contributed by atoms with Crippen molar-refractivity contribution in [3.05, 3.63) is 0 Å². The number of hydrogen-bond acceptors (Lipinski definition) is 3. The second-order valence-electron chi connectivity index (χ2n) is 8.91. The maximum Gasteiger partial charge on any atom is 0.311 e. The molecule has 0 aromatic rings. The van der Waals surface area contributed by atoms with Gasteiger partial charge in [0, 0.05) is 19.1 Å². The topological polar surface area (TPSA) is 69.6 Å². The van der Waals surface area contributed by atoms with Crippen molar-refractivity contribution < 1.29 is 14.7 Å². The predicted octanol–water partition coefficient (Wildman–Crippen LogP) is 2.11. The number of carboxylic acids is 1. The number of rotatable bonds is 5. The first kappa shape index (κ1) is 16.4. The lowest BCUT2D eigenvalue weighted by molar-refractivity contribution is -0.149. The van der Waals surface area contributed by atoms with E-state index in [0.717, 1.165) is 37.6 Å². The van der Waals surface area contributed by atoms with Crippen LogP contribution in [-0.2, 0) is 9.59 Å². The molecule has 6 atom stereocenters. The Hall–Kier alpha value is -1.10. The smallest absolute Gasteiger partial charge is 0.311 e. The van der Waals surface area contributed by atoms with Crippen molar-refractivity contribution in [1.29, 1.82) is 0 Å². The van der Waals surface area contributed by atoms with Crippen LogP contribution < -0.4 is 5.32 Å². The van der Waals surface area contributed by atoms with E-state index in [0.29, 0.717) is 19.0 Å². The van der Waals surface area contributed by atoms with Gasteiger partial charge in [-0.3, -0.25) is 14.5 Å². The molecule has 0 aromatic carbocycles. The molecule has 5 nitrogen and oxygen atoms in total. The summed E-state index contributed by atoms with van der Waals surface area (Å²) in [6, 6.07) is 0.253. The van der Waals surface area contributed by atoms with Crippen molar-refractivity contribution in [3.8, 4) is 0 Å². The third-order valence-corrected chi connectivity index (χ3v) is 7.56. The standard InChI is InChI=1S/C19H30N2O3/c1-12(16-8-13-4-5-14(16)7-13)20-17(22)10-21-9-15-3-2-6-19(15,11-21)18(23)24/h12-16H,2-11H2,1H3,(H,20,22)(H,23,24)/t12?,13?,14?,15-,16?,19+/m0/s1. The van der Waals surface area contributed by atoms with Crippen LogP contribution in [0.4, 0.5) is 0 Å². The highest BCUT2D eigenvalue weighted by Crippen LogP contribution is 2.50. The summed E-state index contributed by atoms with van der Waals surface area (Å²) in [6.07, 6.45) is 8.13. The number of fused-ring (bicyclic) bond motifs is 3. The van der Waals surface area contributed by atoms with Gasteiger partial charge in [0.1, 0.15) is 0 Å². The fraction of sp³-hybridized carbons (Fsp3) is 0.895. The number of hydrogen-bond donors (Lipinski definition) is 2. The molecule has 1 amide bonds. The van der Waals surface area contributed by atoms with E-state index in [1.165, 1.54) is 25.7 Å². The van der Waals surface area contributed by atoms with Crippen LogP contribution in [0.2, 0.25) is 0 Å². The number of carbonyl (C=O) groups excluding carboxylic acids is 1. The number of nitrogens with zero attached hydrogens (tertiary/aromatic N) is 1. The van der Waals surface area contributed by atoms with E-state index in [1.807, 2.05) is 0 Å². The highest BCUT2D eigenvalue weighted by Gasteiger charge is 2.54. The Bertz CT molecular complexity index is 537. The van der Waals surface area contributed by atoms with Crippen molar-refractivity contribution in [3.63, 3.8) is 0 Å². The summed E-state index contributed by atoms with van der Waals surface area (Å²) in [6.45, 7) is 3.82. The first-order valence-electron chi connectivity index (χ1n) is 9.73. The van der Waals surface area contributed by atoms with Gasteiger partial charge in [-0.15, -0.1) is 0 Å². The highest BCUT2D eigenvalue weighted by atomic mass is 16.4. The second-order valence-corrected chi connectivity index (χ2v) is 8.91. The molecule has 3 saturated carbocycles. The molecule has 4 unspecified atom stereocenters. The Kier molecular flexibility index (Phi) is 4.10. The Morgan fingerprint density at radius 1 is 1.29 bits per heavy atom. The third kappa shape index (κ3) is 2.65. The molecule has 2 bridgehead atoms. The Morgan fingerprint density at radius 3 is 2.75 bits per heavy atom. The fourth-order valence-electron chi connectivity index (χ4n) is 6.38. The van der Waals surface area contributed by atoms with E-state index >= 15 is 0 Å². The van der Waals surface area contributed by atoms with Gasteiger partial charge in [-0.2, -0.15) is 0 Å². The third-order valence-electron chi connectivity index (χ3n) is 7.56. The average Bonchev–Trinajstić information content (AvgIpc) is 3.25. The van der Waals surface area contributed by atoms with Crippen molar-refractivity contribution in [2.75, 3.05) is 19.6 Å². The van der Waals surface area contributed by atoms with Crippen LogP contribution in [0.1, 0.15) is 51.9 Å². The molecule has 0 spiro atoms. The quantitative estimate of drug-likeness (QED) is 0.808. The fourth-order valence-corrected chi connectivity index (χ4v) is 6.38. The van der Waals surface area contributed by atoms with Crippen LogP contribution in [-0.4, -0.2) is 47.6 Å². The molecule has 1 aliphatic heterocycles. The van der Waals surface area contributed by atoms with Gasteiger partial charge in [0.05, 0.1) is 12.0 Å². The monoisotopic (exact) mass is 334 g/mol. The minimum absolute atomic E-state index is 0.0748. The summed E-state index contributed by atoms with van der Waals surface area (Å²) in [5.74, 6) is 2.00. The van der Waals surface area contributed by atoms with Crippen molar-refractivity contribution in [1.82, 2.24) is 10.2 Å². The van der Waals surface area contributed by atoms with Gasteiger partial charge in [-0.1, -0.05) is 12.8 Å². The van der Waals surface area contributed by atoms with E-state index in [9.17, 15) is 14.7 Å². The maximum atomic E-state index is 12.5. The van der Waals surface area contributed by atoms with Crippen LogP contribution in [0.5, 0.6) is 0 Å². The van der Waals surface area contributed by atoms with Crippen molar-refractivity contribution in [2.24, 2.45) is 29.1 Å². The molecule has 1 heterocycles. The molecule has 4 fully saturated rings. The lowest BCUT2D eigenvalue weighted by atomic mass is 9.81. The SMILES string of the molecule is CC(NC(=O)CN1C[C@@H]2CCC[C@@]2(C(=O)O)C1)C1CC2CCC1C2. The Morgan fingerprint density at radius 2 is 2.12 bits per heavy atom. The van der Waals surface area contributed by atoms with Gasteiger partial charge in [0.15, 0.2) is 0 Å². The van der Waals surface area contributed by atoms with Crippen LogP contribution in [0.15, 0.2) is 0 Å². The van der Waals surface area contributed by atoms with Crippen LogP contribution in [0.25, 0.3) is 0 Å². The van der Waals surface area contributed by atoms with Crippen LogP contribution in [0.3, 0.4) is 0 Å². The summed E-state index contributed by atoms with van der Waals surface area (Å²) in [5, 5.41) is 12.9. The maximum absolute atomic E-state index is 12.5. The van der Waals surface area contributed by atoms with E-state index in [4.69, 9.17) is 0 Å². The normalized spacial score (nSPS) is 42.2. The molecule has 0 aromatic heterocycles. The van der Waals surface area contributed by atoms with Crippen LogP contribution in [0, 0.1) is 29.1 Å². The van der Waals surface area contributed by atoms with E-state index in [2.05, 4.69) is 17.1 Å². The molecule has 4 rings (SSSR count). The lowest BCUT2D eigenvalue weighted by Gasteiger charge is -2.29. The van der Waals surface area contributed by atoms with Gasteiger partial charge in [0.25, 0.3) is 0 Å². The molecular weight excluding hydrogens is 304 g/mol. The van der Waals surface area contributed by atoms with E-state index in [-0.39, 0.29) is 17.9 Å². The van der Waals surface area contributed by atoms with Gasteiger partial charge in [0.2, 0.25) is 5.91 Å². The largest absolute Gasteiger partial charge is 0.481 e. The zero-order valence-electron chi connectivity index (χ0n) is 14.7. The number of amides is 1. The second kappa shape index (κ2) is 6.01. The molecule has 3 aliphatic carbocycles. The van der Waals surface area contributed by atoms with E-state index < -0.39 is 11.4 Å². The minimum atomic E-state index is -0.664. The molecular formula is C19H30N2O3. The summed E-state index contributed by atoms with van der Waals surface area (Å²) in [7, 11) is 0. The van der Waals surface area contributed by atoms with Crippen molar-refractivity contribution in [2.45, 2.75) is 57.9 Å². The first-order valence-corrected chi connectivity index (χ1v) is 9.73. The van der Waals surface area contributed by atoms with Gasteiger partial charge in [-0.25, -0.2) is 0 Å². The summed E-state index contributed by atoms with van der Waals surface area (Å²) in [4.78, 5) is 26.3. The molecule has 134 valence electrons. The minimum Gasteiger partial charge on any atom is -0.481 e. The number of aliphatic carboxylic acids is 1. The van der Waals surface area contributed by atoms with Gasteiger partial charge < -0.3 is 10.4 Å². The van der Waals surface area contributed by atoms with Gasteiger partial charge >= 0.3 is 5.97 Å². The average molecular weight is 334 g/mol. The molecule has 2 N–H and O–H groups in total. The summed E-state index contributed by atoms with van der Waals surface area (Å²) < 4.78 is 0. The first-order chi connectivity index (χ1) is 11.5. The van der Waals surface area contributed by atoms with Crippen LogP contribution >= 0.6 is 0 Å².